The zero-order valence-electron chi connectivity index (χ0n) is 7.14. The molecule has 0 aliphatic carbocycles. The van der Waals surface area contributed by atoms with Gasteiger partial charge in [0.25, 0.3) is 0 Å². The number of rotatable bonds is 2. The van der Waals surface area contributed by atoms with Gasteiger partial charge < -0.3 is 5.11 Å². The number of hydrogen-bond acceptors (Lipinski definition) is 2. The van der Waals surface area contributed by atoms with E-state index in [4.69, 9.17) is 5.11 Å². The molecule has 2 heteroatoms. The van der Waals surface area contributed by atoms with Gasteiger partial charge in [-0.2, -0.15) is 0 Å². The van der Waals surface area contributed by atoms with E-state index in [1.807, 2.05) is 36.4 Å². The van der Waals surface area contributed by atoms with Crippen LogP contribution in [0.5, 0.6) is 0 Å². The SMILES string of the molecule is OC[CH]c1ccc2ccccc2n1. The lowest BCUT2D eigenvalue weighted by atomic mass is 10.2. The summed E-state index contributed by atoms with van der Waals surface area (Å²) in [4.78, 5) is 4.35. The van der Waals surface area contributed by atoms with Gasteiger partial charge in [0.05, 0.1) is 12.1 Å². The Labute approximate surface area is 76.9 Å². The molecule has 0 amide bonds. The topological polar surface area (TPSA) is 33.1 Å². The molecule has 13 heavy (non-hydrogen) atoms. The lowest BCUT2D eigenvalue weighted by Gasteiger charge is -1.99. The van der Waals surface area contributed by atoms with E-state index in [0.29, 0.717) is 0 Å². The third-order valence-corrected chi connectivity index (χ3v) is 1.92. The quantitative estimate of drug-likeness (QED) is 0.749. The number of aliphatic hydroxyl groups is 1. The summed E-state index contributed by atoms with van der Waals surface area (Å²) in [6.07, 6.45) is 1.69. The summed E-state index contributed by atoms with van der Waals surface area (Å²) in [6, 6.07) is 11.8. The zero-order valence-corrected chi connectivity index (χ0v) is 7.14. The average Bonchev–Trinajstić information content (AvgIpc) is 2.18. The van der Waals surface area contributed by atoms with E-state index in [9.17, 15) is 0 Å². The lowest BCUT2D eigenvalue weighted by molar-refractivity contribution is 0.330. The minimum atomic E-state index is 0.0331. The highest BCUT2D eigenvalue weighted by molar-refractivity contribution is 5.78. The minimum Gasteiger partial charge on any atom is -0.396 e. The molecule has 2 aromatic rings. The molecule has 0 atom stereocenters. The zero-order chi connectivity index (χ0) is 9.10. The van der Waals surface area contributed by atoms with Crippen LogP contribution in [-0.4, -0.2) is 16.7 Å². The number of aromatic nitrogens is 1. The lowest BCUT2D eigenvalue weighted by Crippen LogP contribution is -1.91. The van der Waals surface area contributed by atoms with Crippen molar-refractivity contribution in [1.82, 2.24) is 4.98 Å². The van der Waals surface area contributed by atoms with Gasteiger partial charge in [-0.15, -0.1) is 0 Å². The van der Waals surface area contributed by atoms with E-state index in [-0.39, 0.29) is 6.61 Å². The number of hydrogen-bond donors (Lipinski definition) is 1. The third-order valence-electron chi connectivity index (χ3n) is 1.92. The summed E-state index contributed by atoms with van der Waals surface area (Å²) < 4.78 is 0. The summed E-state index contributed by atoms with van der Waals surface area (Å²) >= 11 is 0. The average molecular weight is 172 g/mol. The van der Waals surface area contributed by atoms with E-state index in [1.54, 1.807) is 6.42 Å². The van der Waals surface area contributed by atoms with Crippen LogP contribution in [0.15, 0.2) is 36.4 Å². The first kappa shape index (κ1) is 8.20. The molecular weight excluding hydrogens is 162 g/mol. The Balaban J connectivity index is 2.49. The van der Waals surface area contributed by atoms with E-state index in [0.717, 1.165) is 16.6 Å². The van der Waals surface area contributed by atoms with E-state index in [1.165, 1.54) is 0 Å². The summed E-state index contributed by atoms with van der Waals surface area (Å²) in [5, 5.41) is 9.82. The molecule has 0 saturated carbocycles. The maximum absolute atomic E-state index is 8.70. The first-order valence-corrected chi connectivity index (χ1v) is 4.20. The largest absolute Gasteiger partial charge is 0.396 e. The minimum absolute atomic E-state index is 0.0331. The van der Waals surface area contributed by atoms with Gasteiger partial charge in [-0.25, -0.2) is 0 Å². The second kappa shape index (κ2) is 3.54. The molecule has 1 radical (unpaired) electrons. The van der Waals surface area contributed by atoms with Gasteiger partial charge in [-0.3, -0.25) is 4.98 Å². The van der Waals surface area contributed by atoms with Crippen molar-refractivity contribution in [3.8, 4) is 0 Å². The van der Waals surface area contributed by atoms with Crippen LogP contribution in [0, 0.1) is 6.42 Å². The Morgan fingerprint density at radius 3 is 2.85 bits per heavy atom. The fraction of sp³-hybridized carbons (Fsp3) is 0.0909. The maximum atomic E-state index is 8.70. The monoisotopic (exact) mass is 172 g/mol. The molecular formula is C11H10NO. The van der Waals surface area contributed by atoms with Crippen LogP contribution in [-0.2, 0) is 0 Å². The highest BCUT2D eigenvalue weighted by Gasteiger charge is 1.96. The van der Waals surface area contributed by atoms with Crippen LogP contribution < -0.4 is 0 Å². The van der Waals surface area contributed by atoms with Crippen molar-refractivity contribution in [3.05, 3.63) is 48.5 Å². The second-order valence-corrected chi connectivity index (χ2v) is 2.82. The number of fused-ring (bicyclic) bond motifs is 1. The predicted molar refractivity (Wildman–Crippen MR) is 52.2 cm³/mol. The summed E-state index contributed by atoms with van der Waals surface area (Å²) in [5.41, 5.74) is 1.78. The molecule has 0 fully saturated rings. The molecule has 65 valence electrons. The molecule has 0 unspecified atom stereocenters. The van der Waals surface area contributed by atoms with Crippen LogP contribution >= 0.6 is 0 Å². The second-order valence-electron chi connectivity index (χ2n) is 2.82. The number of pyridine rings is 1. The summed E-state index contributed by atoms with van der Waals surface area (Å²) in [7, 11) is 0. The van der Waals surface area contributed by atoms with Crippen molar-refractivity contribution in [1.29, 1.82) is 0 Å². The molecule has 0 saturated heterocycles. The molecule has 1 aromatic carbocycles. The number of para-hydroxylation sites is 1. The Bertz CT molecular complexity index is 412. The Kier molecular flexibility index (Phi) is 2.23. The predicted octanol–water partition coefficient (Wildman–Crippen LogP) is 1.78. The molecule has 1 N–H and O–H groups in total. The van der Waals surface area contributed by atoms with Gasteiger partial charge in [-0.1, -0.05) is 24.3 Å². The number of aliphatic hydroxyl groups excluding tert-OH is 1. The fourth-order valence-corrected chi connectivity index (χ4v) is 1.29. The van der Waals surface area contributed by atoms with Gasteiger partial charge >= 0.3 is 0 Å². The summed E-state index contributed by atoms with van der Waals surface area (Å²) in [6.45, 7) is 0.0331. The van der Waals surface area contributed by atoms with Crippen LogP contribution in [0.2, 0.25) is 0 Å². The van der Waals surface area contributed by atoms with Crippen molar-refractivity contribution >= 4 is 10.9 Å². The Morgan fingerprint density at radius 2 is 2.00 bits per heavy atom. The fourth-order valence-electron chi connectivity index (χ4n) is 1.29. The standard InChI is InChI=1S/C11H10NO/c13-8-7-10-6-5-9-3-1-2-4-11(9)12-10/h1-7,13H,8H2. The smallest absolute Gasteiger partial charge is 0.0705 e. The summed E-state index contributed by atoms with van der Waals surface area (Å²) in [5.74, 6) is 0. The van der Waals surface area contributed by atoms with Crippen molar-refractivity contribution in [3.63, 3.8) is 0 Å². The van der Waals surface area contributed by atoms with E-state index >= 15 is 0 Å². The third kappa shape index (κ3) is 1.68. The van der Waals surface area contributed by atoms with E-state index < -0.39 is 0 Å². The normalized spacial score (nSPS) is 10.5. The Hall–Kier alpha value is -1.41. The van der Waals surface area contributed by atoms with Gasteiger partial charge in [0, 0.05) is 17.5 Å². The van der Waals surface area contributed by atoms with Crippen LogP contribution in [0.1, 0.15) is 5.69 Å². The van der Waals surface area contributed by atoms with Crippen LogP contribution in [0.25, 0.3) is 10.9 Å². The Morgan fingerprint density at radius 1 is 1.15 bits per heavy atom. The van der Waals surface area contributed by atoms with E-state index in [2.05, 4.69) is 4.98 Å². The molecule has 1 aromatic heterocycles. The van der Waals surface area contributed by atoms with Gasteiger partial charge in [0.15, 0.2) is 0 Å². The molecule has 2 nitrogen and oxygen atoms in total. The van der Waals surface area contributed by atoms with Crippen LogP contribution in [0.3, 0.4) is 0 Å². The van der Waals surface area contributed by atoms with Crippen molar-refractivity contribution in [2.75, 3.05) is 6.61 Å². The van der Waals surface area contributed by atoms with Crippen LogP contribution in [0.4, 0.5) is 0 Å². The highest BCUT2D eigenvalue weighted by atomic mass is 16.3. The van der Waals surface area contributed by atoms with Gasteiger partial charge in [-0.05, 0) is 12.1 Å². The maximum Gasteiger partial charge on any atom is 0.0705 e. The first-order valence-electron chi connectivity index (χ1n) is 4.20. The molecule has 0 bridgehead atoms. The number of benzene rings is 1. The number of nitrogens with zero attached hydrogens (tertiary/aromatic N) is 1. The molecule has 1 heterocycles. The van der Waals surface area contributed by atoms with Crippen molar-refractivity contribution in [2.45, 2.75) is 0 Å². The molecule has 0 spiro atoms. The first-order chi connectivity index (χ1) is 6.40. The molecule has 0 aliphatic rings. The molecule has 0 aliphatic heterocycles. The highest BCUT2D eigenvalue weighted by Crippen LogP contribution is 2.12. The van der Waals surface area contributed by atoms with Gasteiger partial charge in [0.2, 0.25) is 0 Å². The molecule has 2 rings (SSSR count). The van der Waals surface area contributed by atoms with Crippen molar-refractivity contribution in [2.24, 2.45) is 0 Å². The van der Waals surface area contributed by atoms with Crippen molar-refractivity contribution < 1.29 is 5.11 Å². The van der Waals surface area contributed by atoms with Gasteiger partial charge in [0.1, 0.15) is 0 Å².